The smallest absolute Gasteiger partial charge is 0.252 e. The van der Waals surface area contributed by atoms with Gasteiger partial charge in [0.25, 0.3) is 5.91 Å². The molecule has 0 aliphatic heterocycles. The Labute approximate surface area is 134 Å². The molecule has 2 aromatic rings. The molecule has 4 heteroatoms. The number of halogens is 1. The maximum atomic E-state index is 13.5. The molecule has 2 nitrogen and oxygen atoms in total. The molecule has 0 fully saturated rings. The molecule has 116 valence electrons. The van der Waals surface area contributed by atoms with E-state index in [4.69, 9.17) is 0 Å². The Morgan fingerprint density at radius 2 is 2.27 bits per heavy atom. The van der Waals surface area contributed by atoms with Crippen LogP contribution in [0.15, 0.2) is 23.6 Å². The van der Waals surface area contributed by atoms with Crippen LogP contribution in [0.2, 0.25) is 0 Å². The SMILES string of the molecule is Cc1ccc(CNC(=O)c2csc3c2CCC(C)C3)cc1F. The van der Waals surface area contributed by atoms with Gasteiger partial charge in [0, 0.05) is 16.8 Å². The van der Waals surface area contributed by atoms with Gasteiger partial charge in [0.2, 0.25) is 0 Å². The number of aryl methyl sites for hydroxylation is 1. The summed E-state index contributed by atoms with van der Waals surface area (Å²) >= 11 is 1.69. The van der Waals surface area contributed by atoms with Gasteiger partial charge in [-0.15, -0.1) is 11.3 Å². The molecule has 1 amide bonds. The zero-order valence-electron chi connectivity index (χ0n) is 12.9. The van der Waals surface area contributed by atoms with Crippen LogP contribution in [0.4, 0.5) is 4.39 Å². The van der Waals surface area contributed by atoms with E-state index in [1.54, 1.807) is 24.3 Å². The van der Waals surface area contributed by atoms with Crippen molar-refractivity contribution in [2.75, 3.05) is 0 Å². The average Bonchev–Trinajstić information content (AvgIpc) is 2.91. The zero-order chi connectivity index (χ0) is 15.7. The van der Waals surface area contributed by atoms with Crippen molar-refractivity contribution in [2.45, 2.75) is 39.7 Å². The molecule has 0 saturated carbocycles. The Hall–Kier alpha value is -1.68. The Kier molecular flexibility index (Phi) is 4.30. The van der Waals surface area contributed by atoms with Crippen molar-refractivity contribution in [3.63, 3.8) is 0 Å². The summed E-state index contributed by atoms with van der Waals surface area (Å²) in [5.74, 6) is 0.430. The largest absolute Gasteiger partial charge is 0.348 e. The summed E-state index contributed by atoms with van der Waals surface area (Å²) in [5, 5.41) is 4.88. The molecule has 0 saturated heterocycles. The van der Waals surface area contributed by atoms with Gasteiger partial charge in [-0.25, -0.2) is 4.39 Å². The lowest BCUT2D eigenvalue weighted by Crippen LogP contribution is -2.24. The highest BCUT2D eigenvalue weighted by molar-refractivity contribution is 7.10. The van der Waals surface area contributed by atoms with Crippen molar-refractivity contribution < 1.29 is 9.18 Å². The molecule has 22 heavy (non-hydrogen) atoms. The van der Waals surface area contributed by atoms with Gasteiger partial charge in [-0.1, -0.05) is 19.1 Å². The minimum Gasteiger partial charge on any atom is -0.348 e. The van der Waals surface area contributed by atoms with E-state index in [2.05, 4.69) is 12.2 Å². The van der Waals surface area contributed by atoms with E-state index in [0.29, 0.717) is 18.0 Å². The molecule has 1 N–H and O–H groups in total. The normalized spacial score (nSPS) is 17.1. The van der Waals surface area contributed by atoms with Crippen LogP contribution in [-0.2, 0) is 19.4 Å². The molecular weight excluding hydrogens is 297 g/mol. The fraction of sp³-hybridized carbons (Fsp3) is 0.389. The van der Waals surface area contributed by atoms with Crippen LogP contribution in [0.5, 0.6) is 0 Å². The number of rotatable bonds is 3. The summed E-state index contributed by atoms with van der Waals surface area (Å²) in [6.07, 6.45) is 3.21. The fourth-order valence-electron chi connectivity index (χ4n) is 2.89. The average molecular weight is 317 g/mol. The number of fused-ring (bicyclic) bond motifs is 1. The lowest BCUT2D eigenvalue weighted by atomic mass is 9.88. The predicted molar refractivity (Wildman–Crippen MR) is 87.8 cm³/mol. The molecular formula is C18H20FNOS. The van der Waals surface area contributed by atoms with Gasteiger partial charge in [-0.2, -0.15) is 0 Å². The molecule has 1 atom stereocenters. The van der Waals surface area contributed by atoms with Crippen molar-refractivity contribution in [3.05, 3.63) is 56.5 Å². The first-order valence-corrected chi connectivity index (χ1v) is 8.55. The van der Waals surface area contributed by atoms with Gasteiger partial charge >= 0.3 is 0 Å². The number of hydrogen-bond acceptors (Lipinski definition) is 2. The van der Waals surface area contributed by atoms with Crippen LogP contribution in [0.3, 0.4) is 0 Å². The van der Waals surface area contributed by atoms with Gasteiger partial charge in [0.15, 0.2) is 0 Å². The number of hydrogen-bond donors (Lipinski definition) is 1. The lowest BCUT2D eigenvalue weighted by Gasteiger charge is -2.18. The number of thiophene rings is 1. The Morgan fingerprint density at radius 1 is 1.45 bits per heavy atom. The van der Waals surface area contributed by atoms with E-state index in [1.165, 1.54) is 16.5 Å². The van der Waals surface area contributed by atoms with Crippen LogP contribution >= 0.6 is 11.3 Å². The lowest BCUT2D eigenvalue weighted by molar-refractivity contribution is 0.0950. The van der Waals surface area contributed by atoms with Crippen molar-refractivity contribution in [1.82, 2.24) is 5.32 Å². The summed E-state index contributed by atoms with van der Waals surface area (Å²) in [6.45, 7) is 4.35. The molecule has 1 unspecified atom stereocenters. The standard InChI is InChI=1S/C18H20FNOS/c1-11-3-6-14-15(10-22-17(14)7-11)18(21)20-9-13-5-4-12(2)16(19)8-13/h4-5,8,10-11H,3,6-7,9H2,1-2H3,(H,20,21). The van der Waals surface area contributed by atoms with Gasteiger partial charge in [-0.05, 0) is 54.9 Å². The molecule has 0 bridgehead atoms. The summed E-state index contributed by atoms with van der Waals surface area (Å²) in [5.41, 5.74) is 3.43. The summed E-state index contributed by atoms with van der Waals surface area (Å²) < 4.78 is 13.5. The molecule has 3 rings (SSSR count). The van der Waals surface area contributed by atoms with Crippen molar-refractivity contribution in [3.8, 4) is 0 Å². The van der Waals surface area contributed by atoms with Crippen molar-refractivity contribution >= 4 is 17.2 Å². The second-order valence-corrected chi connectivity index (χ2v) is 7.13. The number of nitrogens with one attached hydrogen (secondary N) is 1. The molecule has 0 radical (unpaired) electrons. The van der Waals surface area contributed by atoms with Crippen LogP contribution in [0.25, 0.3) is 0 Å². The Balaban J connectivity index is 1.69. The first kappa shape index (κ1) is 15.2. The second kappa shape index (κ2) is 6.21. The Morgan fingerprint density at radius 3 is 3.05 bits per heavy atom. The minimum atomic E-state index is -0.228. The molecule has 1 aliphatic carbocycles. The molecule has 1 aromatic heterocycles. The highest BCUT2D eigenvalue weighted by Crippen LogP contribution is 2.32. The van der Waals surface area contributed by atoms with E-state index in [1.807, 2.05) is 11.4 Å². The highest BCUT2D eigenvalue weighted by atomic mass is 32.1. The van der Waals surface area contributed by atoms with Gasteiger partial charge < -0.3 is 5.32 Å². The predicted octanol–water partition coefficient (Wildman–Crippen LogP) is 4.25. The van der Waals surface area contributed by atoms with Crippen LogP contribution in [0, 0.1) is 18.7 Å². The topological polar surface area (TPSA) is 29.1 Å². The molecule has 1 heterocycles. The van der Waals surface area contributed by atoms with E-state index in [-0.39, 0.29) is 11.7 Å². The van der Waals surface area contributed by atoms with E-state index >= 15 is 0 Å². The zero-order valence-corrected chi connectivity index (χ0v) is 13.7. The Bertz CT molecular complexity index is 707. The second-order valence-electron chi connectivity index (χ2n) is 6.17. The van der Waals surface area contributed by atoms with E-state index in [0.717, 1.165) is 30.4 Å². The van der Waals surface area contributed by atoms with E-state index in [9.17, 15) is 9.18 Å². The van der Waals surface area contributed by atoms with Gasteiger partial charge in [-0.3, -0.25) is 4.79 Å². The van der Waals surface area contributed by atoms with Crippen molar-refractivity contribution in [1.29, 1.82) is 0 Å². The molecule has 1 aliphatic rings. The van der Waals surface area contributed by atoms with Crippen molar-refractivity contribution in [2.24, 2.45) is 5.92 Å². The quantitative estimate of drug-likeness (QED) is 0.901. The summed E-state index contributed by atoms with van der Waals surface area (Å²) in [7, 11) is 0. The number of carbonyl (C=O) groups excluding carboxylic acids is 1. The van der Waals surface area contributed by atoms with E-state index < -0.39 is 0 Å². The third kappa shape index (κ3) is 3.07. The molecule has 0 spiro atoms. The summed E-state index contributed by atoms with van der Waals surface area (Å²) in [4.78, 5) is 13.7. The third-order valence-electron chi connectivity index (χ3n) is 4.34. The fourth-order valence-corrected chi connectivity index (χ4v) is 4.14. The first-order valence-electron chi connectivity index (χ1n) is 7.67. The highest BCUT2D eigenvalue weighted by Gasteiger charge is 2.22. The maximum absolute atomic E-state index is 13.5. The minimum absolute atomic E-state index is 0.0481. The first-order chi connectivity index (χ1) is 10.5. The summed E-state index contributed by atoms with van der Waals surface area (Å²) in [6, 6.07) is 5.08. The monoisotopic (exact) mass is 317 g/mol. The van der Waals surface area contributed by atoms with Crippen LogP contribution in [-0.4, -0.2) is 5.91 Å². The maximum Gasteiger partial charge on any atom is 0.252 e. The van der Waals surface area contributed by atoms with Gasteiger partial charge in [0.05, 0.1) is 5.56 Å². The third-order valence-corrected chi connectivity index (χ3v) is 5.39. The number of amides is 1. The van der Waals surface area contributed by atoms with Crippen LogP contribution < -0.4 is 5.32 Å². The number of carbonyl (C=O) groups is 1. The number of benzene rings is 1. The molecule has 1 aromatic carbocycles. The van der Waals surface area contributed by atoms with Crippen LogP contribution in [0.1, 0.15) is 45.3 Å². The van der Waals surface area contributed by atoms with Gasteiger partial charge in [0.1, 0.15) is 5.82 Å².